The minimum absolute atomic E-state index is 0.0783. The molecule has 3 heterocycles. The van der Waals surface area contributed by atoms with Gasteiger partial charge in [-0.2, -0.15) is 0 Å². The van der Waals surface area contributed by atoms with Gasteiger partial charge in [0.15, 0.2) is 0 Å². The Hall–Kier alpha value is -2.34. The van der Waals surface area contributed by atoms with Crippen molar-refractivity contribution in [2.75, 3.05) is 36.9 Å². The van der Waals surface area contributed by atoms with E-state index in [1.165, 1.54) is 0 Å². The van der Waals surface area contributed by atoms with Crippen LogP contribution in [0.4, 0.5) is 11.6 Å². The summed E-state index contributed by atoms with van der Waals surface area (Å²) in [5, 5.41) is 6.42. The van der Waals surface area contributed by atoms with Crippen molar-refractivity contribution in [3.63, 3.8) is 0 Å². The zero-order valence-electron chi connectivity index (χ0n) is 13.8. The second-order valence-corrected chi connectivity index (χ2v) is 6.00. The highest BCUT2D eigenvalue weighted by molar-refractivity contribution is 5.71. The Labute approximate surface area is 135 Å². The van der Waals surface area contributed by atoms with Crippen LogP contribution in [0, 0.1) is 6.92 Å². The van der Waals surface area contributed by atoms with E-state index in [9.17, 15) is 4.79 Å². The fraction of sp³-hybridized carbons (Fsp3) is 0.412. The summed E-state index contributed by atoms with van der Waals surface area (Å²) in [5.74, 6) is 1.67. The largest absolute Gasteiger partial charge is 0.373 e. The Morgan fingerprint density at radius 1 is 1.35 bits per heavy atom. The minimum atomic E-state index is -0.0783. The maximum atomic E-state index is 12.2. The number of H-pyrrole nitrogens is 1. The first-order valence-corrected chi connectivity index (χ1v) is 7.95. The number of aromatic nitrogens is 2. The van der Waals surface area contributed by atoms with E-state index in [-0.39, 0.29) is 5.56 Å². The number of anilines is 2. The second kappa shape index (κ2) is 6.42. The average Bonchev–Trinajstić information content (AvgIpc) is 2.55. The summed E-state index contributed by atoms with van der Waals surface area (Å²) >= 11 is 0. The first-order chi connectivity index (χ1) is 11.1. The molecular formula is C17H23N5O. The SMILES string of the molecule is CNc1cc(-c2cc(N3CCNCC3C)[nH]c(=O)c2)c(C)cn1. The van der Waals surface area contributed by atoms with E-state index in [0.29, 0.717) is 6.04 Å². The fourth-order valence-electron chi connectivity index (χ4n) is 3.01. The average molecular weight is 313 g/mol. The van der Waals surface area contributed by atoms with E-state index >= 15 is 0 Å². The molecule has 1 atom stereocenters. The number of aromatic amines is 1. The molecular weight excluding hydrogens is 290 g/mol. The van der Waals surface area contributed by atoms with E-state index in [2.05, 4.69) is 38.5 Å². The molecule has 1 fully saturated rings. The summed E-state index contributed by atoms with van der Waals surface area (Å²) in [6, 6.07) is 6.04. The number of nitrogens with one attached hydrogen (secondary N) is 3. The van der Waals surface area contributed by atoms with Gasteiger partial charge in [0, 0.05) is 45.0 Å². The van der Waals surface area contributed by atoms with Crippen LogP contribution >= 0.6 is 0 Å². The van der Waals surface area contributed by atoms with Gasteiger partial charge in [-0.15, -0.1) is 0 Å². The van der Waals surface area contributed by atoms with Crippen LogP contribution in [0.15, 0.2) is 29.2 Å². The summed E-state index contributed by atoms with van der Waals surface area (Å²) in [7, 11) is 1.84. The summed E-state index contributed by atoms with van der Waals surface area (Å²) in [6.07, 6.45) is 1.83. The zero-order valence-corrected chi connectivity index (χ0v) is 13.8. The lowest BCUT2D eigenvalue weighted by Crippen LogP contribution is -2.50. The number of pyridine rings is 2. The number of hydrogen-bond donors (Lipinski definition) is 3. The third-order valence-electron chi connectivity index (χ3n) is 4.31. The van der Waals surface area contributed by atoms with Gasteiger partial charge in [0.05, 0.1) is 0 Å². The van der Waals surface area contributed by atoms with Gasteiger partial charge in [-0.05, 0) is 42.7 Å². The molecule has 6 heteroatoms. The van der Waals surface area contributed by atoms with E-state index in [1.807, 2.05) is 26.2 Å². The van der Waals surface area contributed by atoms with Gasteiger partial charge in [0.1, 0.15) is 11.6 Å². The van der Waals surface area contributed by atoms with Crippen LogP contribution in [0.2, 0.25) is 0 Å². The number of nitrogens with zero attached hydrogens (tertiary/aromatic N) is 2. The van der Waals surface area contributed by atoms with E-state index < -0.39 is 0 Å². The van der Waals surface area contributed by atoms with Crippen LogP contribution in [0.25, 0.3) is 11.1 Å². The lowest BCUT2D eigenvalue weighted by molar-refractivity contribution is 0.497. The van der Waals surface area contributed by atoms with Crippen molar-refractivity contribution in [3.8, 4) is 11.1 Å². The van der Waals surface area contributed by atoms with Gasteiger partial charge in [-0.1, -0.05) is 0 Å². The summed E-state index contributed by atoms with van der Waals surface area (Å²) in [6.45, 7) is 6.90. The molecule has 1 aliphatic heterocycles. The van der Waals surface area contributed by atoms with E-state index in [1.54, 1.807) is 6.07 Å². The second-order valence-electron chi connectivity index (χ2n) is 6.00. The van der Waals surface area contributed by atoms with Crippen molar-refractivity contribution in [2.45, 2.75) is 19.9 Å². The Morgan fingerprint density at radius 3 is 2.91 bits per heavy atom. The highest BCUT2D eigenvalue weighted by atomic mass is 16.1. The molecule has 3 N–H and O–H groups in total. The van der Waals surface area contributed by atoms with Gasteiger partial charge in [-0.25, -0.2) is 4.98 Å². The Morgan fingerprint density at radius 2 is 2.17 bits per heavy atom. The molecule has 0 spiro atoms. The maximum absolute atomic E-state index is 12.2. The molecule has 0 bridgehead atoms. The Kier molecular flexibility index (Phi) is 4.34. The smallest absolute Gasteiger partial charge is 0.250 e. The molecule has 0 amide bonds. The highest BCUT2D eigenvalue weighted by Gasteiger charge is 2.19. The predicted octanol–water partition coefficient (Wildman–Crippen LogP) is 1.59. The summed E-state index contributed by atoms with van der Waals surface area (Å²) in [5.41, 5.74) is 2.92. The molecule has 1 saturated heterocycles. The molecule has 122 valence electrons. The topological polar surface area (TPSA) is 73.0 Å². The highest BCUT2D eigenvalue weighted by Crippen LogP contribution is 2.27. The van der Waals surface area contributed by atoms with Gasteiger partial charge in [-0.3, -0.25) is 4.79 Å². The predicted molar refractivity (Wildman–Crippen MR) is 94.3 cm³/mol. The van der Waals surface area contributed by atoms with E-state index in [0.717, 1.165) is 48.0 Å². The Bertz CT molecular complexity index is 755. The molecule has 23 heavy (non-hydrogen) atoms. The lowest BCUT2D eigenvalue weighted by Gasteiger charge is -2.35. The molecule has 0 aliphatic carbocycles. The number of aryl methyl sites for hydroxylation is 1. The third kappa shape index (κ3) is 3.22. The fourth-order valence-corrected chi connectivity index (χ4v) is 3.01. The zero-order chi connectivity index (χ0) is 16.4. The third-order valence-corrected chi connectivity index (χ3v) is 4.31. The summed E-state index contributed by atoms with van der Waals surface area (Å²) in [4.78, 5) is 21.7. The molecule has 2 aromatic rings. The van der Waals surface area contributed by atoms with Gasteiger partial charge in [0.2, 0.25) is 5.56 Å². The van der Waals surface area contributed by atoms with E-state index in [4.69, 9.17) is 0 Å². The standard InChI is InChI=1S/C17H23N5O/c1-11-9-20-15(18-3)8-14(11)13-6-16(21-17(23)7-13)22-5-4-19-10-12(22)2/h6-9,12,19H,4-5,10H2,1-3H3,(H,18,20)(H,21,23). The number of hydrogen-bond acceptors (Lipinski definition) is 5. The van der Waals surface area contributed by atoms with Crippen LogP contribution in [0.1, 0.15) is 12.5 Å². The quantitative estimate of drug-likeness (QED) is 0.802. The van der Waals surface area contributed by atoms with Gasteiger partial charge >= 0.3 is 0 Å². The van der Waals surface area contributed by atoms with Crippen molar-refractivity contribution < 1.29 is 0 Å². The Balaban J connectivity index is 2.06. The minimum Gasteiger partial charge on any atom is -0.373 e. The van der Waals surface area contributed by atoms with Gasteiger partial charge < -0.3 is 20.5 Å². The molecule has 1 aliphatic rings. The molecule has 1 unspecified atom stereocenters. The first kappa shape index (κ1) is 15.6. The molecule has 0 aromatic carbocycles. The van der Waals surface area contributed by atoms with Crippen LogP contribution in [-0.2, 0) is 0 Å². The van der Waals surface area contributed by atoms with Crippen LogP contribution in [0.3, 0.4) is 0 Å². The lowest BCUT2D eigenvalue weighted by atomic mass is 10.0. The van der Waals surface area contributed by atoms with Crippen LogP contribution in [-0.4, -0.2) is 42.7 Å². The van der Waals surface area contributed by atoms with Crippen molar-refractivity contribution in [2.24, 2.45) is 0 Å². The van der Waals surface area contributed by atoms with Crippen molar-refractivity contribution in [1.29, 1.82) is 0 Å². The van der Waals surface area contributed by atoms with Crippen molar-refractivity contribution in [1.82, 2.24) is 15.3 Å². The molecule has 3 rings (SSSR count). The number of piperazine rings is 1. The monoisotopic (exact) mass is 313 g/mol. The van der Waals surface area contributed by atoms with Crippen molar-refractivity contribution >= 4 is 11.6 Å². The molecule has 0 saturated carbocycles. The maximum Gasteiger partial charge on any atom is 0.250 e. The molecule has 2 aromatic heterocycles. The first-order valence-electron chi connectivity index (χ1n) is 7.95. The van der Waals surface area contributed by atoms with Crippen molar-refractivity contribution in [3.05, 3.63) is 40.3 Å². The van der Waals surface area contributed by atoms with Crippen LogP contribution < -0.4 is 21.1 Å². The molecule has 6 nitrogen and oxygen atoms in total. The van der Waals surface area contributed by atoms with Gasteiger partial charge in [0.25, 0.3) is 0 Å². The van der Waals surface area contributed by atoms with Crippen LogP contribution in [0.5, 0.6) is 0 Å². The normalized spacial score (nSPS) is 18.0. The molecule has 0 radical (unpaired) electrons. The number of rotatable bonds is 3. The summed E-state index contributed by atoms with van der Waals surface area (Å²) < 4.78 is 0.